The summed E-state index contributed by atoms with van der Waals surface area (Å²) in [6.45, 7) is 2.59. The first-order chi connectivity index (χ1) is 11.9. The highest BCUT2D eigenvalue weighted by molar-refractivity contribution is 7.94. The van der Waals surface area contributed by atoms with Gasteiger partial charge in [-0.05, 0) is 62.4 Å². The zero-order chi connectivity index (χ0) is 17.6. The SMILES string of the molecule is Cc1ccc(S(=O)(=O)Nc2ccc3c(c2)N(C(=O)C2CC2)CCC3)s1. The second kappa shape index (κ2) is 6.14. The van der Waals surface area contributed by atoms with Crippen molar-refractivity contribution in [1.82, 2.24) is 0 Å². The first-order valence-corrected chi connectivity index (χ1v) is 10.8. The van der Waals surface area contributed by atoms with Gasteiger partial charge in [0.2, 0.25) is 5.91 Å². The van der Waals surface area contributed by atoms with Crippen LogP contribution in [-0.4, -0.2) is 20.9 Å². The van der Waals surface area contributed by atoms with Crippen LogP contribution in [0.3, 0.4) is 0 Å². The van der Waals surface area contributed by atoms with Crippen LogP contribution in [0.5, 0.6) is 0 Å². The van der Waals surface area contributed by atoms with Crippen molar-refractivity contribution in [3.63, 3.8) is 0 Å². The summed E-state index contributed by atoms with van der Waals surface area (Å²) in [5.41, 5.74) is 2.46. The number of hydrogen-bond donors (Lipinski definition) is 1. The van der Waals surface area contributed by atoms with Gasteiger partial charge in [0.05, 0.1) is 5.69 Å². The Morgan fingerprint density at radius 2 is 2.04 bits per heavy atom. The van der Waals surface area contributed by atoms with E-state index in [1.54, 1.807) is 24.3 Å². The number of amides is 1. The second-order valence-electron chi connectivity index (χ2n) is 6.68. The predicted octanol–water partition coefficient (Wildman–Crippen LogP) is 3.55. The fourth-order valence-electron chi connectivity index (χ4n) is 3.18. The Bertz CT molecular complexity index is 930. The predicted molar refractivity (Wildman–Crippen MR) is 99.7 cm³/mol. The normalized spacial score (nSPS) is 17.2. The molecule has 2 aromatic rings. The third kappa shape index (κ3) is 3.30. The Morgan fingerprint density at radius 3 is 2.72 bits per heavy atom. The molecule has 132 valence electrons. The lowest BCUT2D eigenvalue weighted by Crippen LogP contribution is -2.36. The molecule has 0 radical (unpaired) electrons. The van der Waals surface area contributed by atoms with Gasteiger partial charge >= 0.3 is 0 Å². The zero-order valence-electron chi connectivity index (χ0n) is 14.0. The van der Waals surface area contributed by atoms with Crippen molar-refractivity contribution in [2.45, 2.75) is 36.8 Å². The summed E-state index contributed by atoms with van der Waals surface area (Å²) in [6.07, 6.45) is 3.80. The fourth-order valence-corrected chi connectivity index (χ4v) is 5.51. The van der Waals surface area contributed by atoms with E-state index in [9.17, 15) is 13.2 Å². The minimum Gasteiger partial charge on any atom is -0.312 e. The number of hydrogen-bond acceptors (Lipinski definition) is 4. The number of sulfonamides is 1. The lowest BCUT2D eigenvalue weighted by Gasteiger charge is -2.30. The molecule has 1 N–H and O–H groups in total. The molecule has 7 heteroatoms. The van der Waals surface area contributed by atoms with Crippen molar-refractivity contribution in [1.29, 1.82) is 0 Å². The summed E-state index contributed by atoms with van der Waals surface area (Å²) in [5, 5.41) is 0. The first kappa shape index (κ1) is 16.6. The van der Waals surface area contributed by atoms with Gasteiger partial charge in [0, 0.05) is 23.0 Å². The summed E-state index contributed by atoms with van der Waals surface area (Å²) in [4.78, 5) is 15.3. The lowest BCUT2D eigenvalue weighted by molar-refractivity contribution is -0.119. The Kier molecular flexibility index (Phi) is 4.08. The van der Waals surface area contributed by atoms with Crippen molar-refractivity contribution in [3.8, 4) is 0 Å². The minimum atomic E-state index is -3.60. The van der Waals surface area contributed by atoms with Gasteiger partial charge < -0.3 is 4.90 Å². The molecule has 1 aliphatic heterocycles. The second-order valence-corrected chi connectivity index (χ2v) is 9.88. The van der Waals surface area contributed by atoms with Crippen LogP contribution in [-0.2, 0) is 21.2 Å². The Balaban J connectivity index is 1.63. The van der Waals surface area contributed by atoms with Crippen LogP contribution >= 0.6 is 11.3 Å². The van der Waals surface area contributed by atoms with Gasteiger partial charge in [-0.15, -0.1) is 11.3 Å². The highest BCUT2D eigenvalue weighted by Gasteiger charge is 2.35. The molecule has 0 unspecified atom stereocenters. The number of nitrogens with one attached hydrogen (secondary N) is 1. The molecule has 2 heterocycles. The van der Waals surface area contributed by atoms with Gasteiger partial charge in [0.15, 0.2) is 0 Å². The summed E-state index contributed by atoms with van der Waals surface area (Å²) >= 11 is 1.25. The Labute approximate surface area is 151 Å². The maximum Gasteiger partial charge on any atom is 0.271 e. The molecule has 5 nitrogen and oxygen atoms in total. The zero-order valence-corrected chi connectivity index (χ0v) is 15.6. The lowest BCUT2D eigenvalue weighted by atomic mass is 10.0. The summed E-state index contributed by atoms with van der Waals surface area (Å²) in [7, 11) is -3.60. The number of thiophene rings is 1. The molecule has 0 bridgehead atoms. The molecule has 1 saturated carbocycles. The van der Waals surface area contributed by atoms with Crippen LogP contribution in [0, 0.1) is 12.8 Å². The first-order valence-electron chi connectivity index (χ1n) is 8.47. The number of carbonyl (C=O) groups excluding carboxylic acids is 1. The number of rotatable bonds is 4. The summed E-state index contributed by atoms with van der Waals surface area (Å²) < 4.78 is 28.0. The van der Waals surface area contributed by atoms with E-state index in [4.69, 9.17) is 0 Å². The van der Waals surface area contributed by atoms with Crippen molar-refractivity contribution < 1.29 is 13.2 Å². The van der Waals surface area contributed by atoms with Crippen LogP contribution in [0.15, 0.2) is 34.5 Å². The van der Waals surface area contributed by atoms with Crippen molar-refractivity contribution in [3.05, 3.63) is 40.8 Å². The maximum absolute atomic E-state index is 12.5. The number of carbonyl (C=O) groups is 1. The van der Waals surface area contributed by atoms with Gasteiger partial charge in [0.1, 0.15) is 4.21 Å². The average molecular weight is 377 g/mol. The van der Waals surface area contributed by atoms with Gasteiger partial charge in [-0.2, -0.15) is 0 Å². The van der Waals surface area contributed by atoms with Gasteiger partial charge in [-0.3, -0.25) is 9.52 Å². The quantitative estimate of drug-likeness (QED) is 0.887. The molecule has 0 saturated heterocycles. The summed E-state index contributed by atoms with van der Waals surface area (Å²) in [5.74, 6) is 0.329. The molecular formula is C18H20N2O3S2. The smallest absolute Gasteiger partial charge is 0.271 e. The molecule has 2 aliphatic rings. The van der Waals surface area contributed by atoms with Crippen molar-refractivity contribution in [2.24, 2.45) is 5.92 Å². The molecule has 0 spiro atoms. The molecular weight excluding hydrogens is 356 g/mol. The maximum atomic E-state index is 12.5. The molecule has 1 aliphatic carbocycles. The molecule has 0 atom stereocenters. The average Bonchev–Trinajstić information content (AvgIpc) is 3.34. The van der Waals surface area contributed by atoms with E-state index in [2.05, 4.69) is 4.72 Å². The largest absolute Gasteiger partial charge is 0.312 e. The van der Waals surface area contributed by atoms with E-state index in [-0.39, 0.29) is 11.8 Å². The van der Waals surface area contributed by atoms with Gasteiger partial charge in [0.25, 0.3) is 10.0 Å². The number of anilines is 2. The highest BCUT2D eigenvalue weighted by atomic mass is 32.2. The van der Waals surface area contributed by atoms with Gasteiger partial charge in [-0.25, -0.2) is 8.42 Å². The Hall–Kier alpha value is -1.86. The molecule has 1 fully saturated rings. The van der Waals surface area contributed by atoms with E-state index < -0.39 is 10.0 Å². The number of aryl methyl sites for hydroxylation is 2. The monoisotopic (exact) mass is 376 g/mol. The van der Waals surface area contributed by atoms with Crippen LogP contribution in [0.4, 0.5) is 11.4 Å². The topological polar surface area (TPSA) is 66.5 Å². The number of benzene rings is 1. The van der Waals surface area contributed by atoms with Crippen LogP contribution in [0.25, 0.3) is 0 Å². The van der Waals surface area contributed by atoms with E-state index >= 15 is 0 Å². The van der Waals surface area contributed by atoms with E-state index in [0.717, 1.165) is 41.8 Å². The van der Waals surface area contributed by atoms with Crippen LogP contribution in [0.2, 0.25) is 0 Å². The highest BCUT2D eigenvalue weighted by Crippen LogP contribution is 2.37. The fraction of sp³-hybridized carbons (Fsp3) is 0.389. The van der Waals surface area contributed by atoms with Crippen molar-refractivity contribution in [2.75, 3.05) is 16.2 Å². The minimum absolute atomic E-state index is 0.153. The molecule has 4 rings (SSSR count). The Morgan fingerprint density at radius 1 is 1.24 bits per heavy atom. The van der Waals surface area contributed by atoms with Crippen LogP contribution in [0.1, 0.15) is 29.7 Å². The summed E-state index contributed by atoms with van der Waals surface area (Å²) in [6, 6.07) is 8.92. The number of fused-ring (bicyclic) bond motifs is 1. The standard InChI is InChI=1S/C18H20N2O3S2/c1-12-4-9-17(24-12)25(22,23)19-15-8-7-13-3-2-10-20(16(13)11-15)18(21)14-5-6-14/h4,7-9,11,14,19H,2-3,5-6,10H2,1H3. The molecule has 1 aromatic heterocycles. The van der Waals surface area contributed by atoms with Gasteiger partial charge in [-0.1, -0.05) is 6.07 Å². The van der Waals surface area contributed by atoms with E-state index in [0.29, 0.717) is 16.4 Å². The molecule has 1 amide bonds. The molecule has 25 heavy (non-hydrogen) atoms. The number of nitrogens with zero attached hydrogens (tertiary/aromatic N) is 1. The van der Waals surface area contributed by atoms with E-state index in [1.165, 1.54) is 11.3 Å². The van der Waals surface area contributed by atoms with Crippen LogP contribution < -0.4 is 9.62 Å². The molecule has 1 aromatic carbocycles. The third-order valence-corrected chi connectivity index (χ3v) is 7.50. The van der Waals surface area contributed by atoms with E-state index in [1.807, 2.05) is 17.9 Å². The third-order valence-electron chi connectivity index (χ3n) is 4.63. The van der Waals surface area contributed by atoms with Crippen molar-refractivity contribution >= 4 is 38.6 Å².